The number of aliphatic carboxylic acids is 1. The summed E-state index contributed by atoms with van der Waals surface area (Å²) in [4.78, 5) is 112. The summed E-state index contributed by atoms with van der Waals surface area (Å²) >= 11 is 18.1. The van der Waals surface area contributed by atoms with E-state index in [1.54, 1.807) is 24.3 Å². The van der Waals surface area contributed by atoms with Gasteiger partial charge < -0.3 is 98.6 Å². The SMILES string of the molecule is C.C.CC[C@H](NC(=O)CN)c1cc(Br)cc(Br)c1O.CN1CCN(C)C1=S.COC(=O)c1c[nH]c(=O)c(N)c1.O=C(O)CC(NC(=O)CNC(=O)c1c[nH]c(=O)c(NC2=NCCN2)c1)c1cc(Br)cc(Br)c1O.O=c1[nH]cc(CO)cc1NC1=NCCN1. The number of phenols is 2. The molecule has 29 nitrogen and oxygen atoms in total. The molecule has 480 valence electrons. The molecule has 3 aromatic heterocycles. The van der Waals surface area contributed by atoms with E-state index < -0.39 is 53.9 Å². The fourth-order valence-corrected chi connectivity index (χ4v) is 10.1. The Labute approximate surface area is 544 Å². The number of benzene rings is 2. The number of phenolic OH excluding ortho intramolecular Hbond substituents is 2. The van der Waals surface area contributed by atoms with Gasteiger partial charge in [0.25, 0.3) is 22.6 Å². The molecule has 1 saturated heterocycles. The highest BCUT2D eigenvalue weighted by Gasteiger charge is 2.24. The lowest BCUT2D eigenvalue weighted by molar-refractivity contribution is -0.137. The van der Waals surface area contributed by atoms with E-state index in [-0.39, 0.29) is 85.1 Å². The monoisotopic (exact) mass is 1500 g/mol. The van der Waals surface area contributed by atoms with E-state index >= 15 is 0 Å². The van der Waals surface area contributed by atoms with Crippen molar-refractivity contribution in [2.75, 3.05) is 89.9 Å². The van der Waals surface area contributed by atoms with Crippen molar-refractivity contribution in [2.45, 2.75) is 53.3 Å². The second-order valence-corrected chi connectivity index (χ2v) is 22.1. The normalized spacial score (nSPS) is 13.2. The topological polar surface area (TPSA) is 442 Å². The van der Waals surface area contributed by atoms with E-state index in [0.29, 0.717) is 68.2 Å². The minimum absolute atomic E-state index is 0. The molecule has 5 aromatic rings. The maximum atomic E-state index is 12.5. The van der Waals surface area contributed by atoms with Crippen LogP contribution in [0.1, 0.15) is 84.1 Å². The molecule has 0 radical (unpaired) electrons. The fraction of sp³-hybridized carbons (Fsp3) is 0.352. The van der Waals surface area contributed by atoms with Crippen molar-refractivity contribution in [3.8, 4) is 11.5 Å². The molecule has 3 aliphatic rings. The van der Waals surface area contributed by atoms with Gasteiger partial charge >= 0.3 is 11.9 Å². The molecular weight excluding hydrogens is 1430 g/mol. The predicted octanol–water partition coefficient (Wildman–Crippen LogP) is 3.88. The number of likely N-dealkylation sites (N-methyl/N-ethyl adjacent to an activating group) is 2. The summed E-state index contributed by atoms with van der Waals surface area (Å²) in [6.45, 7) is 6.12. The number of hydrogen-bond donors (Lipinski definition) is 16. The first-order chi connectivity index (χ1) is 40.8. The highest BCUT2D eigenvalue weighted by molar-refractivity contribution is 9.11. The van der Waals surface area contributed by atoms with Gasteiger partial charge in [-0.2, -0.15) is 0 Å². The second-order valence-electron chi connectivity index (χ2n) is 18.2. The van der Waals surface area contributed by atoms with Gasteiger partial charge in [-0.1, -0.05) is 53.6 Å². The number of aliphatic hydroxyl groups excluding tert-OH is 1. The highest BCUT2D eigenvalue weighted by Crippen LogP contribution is 2.37. The molecule has 34 heteroatoms. The number of pyridine rings is 3. The number of aromatic nitrogens is 3. The molecule has 2 atom stereocenters. The number of esters is 1. The Morgan fingerprint density at radius 2 is 1.22 bits per heavy atom. The number of nitrogens with two attached hydrogens (primary N) is 2. The summed E-state index contributed by atoms with van der Waals surface area (Å²) in [5, 5.41) is 58.7. The lowest BCUT2D eigenvalue weighted by Crippen LogP contribution is -2.39. The molecule has 1 fully saturated rings. The van der Waals surface area contributed by atoms with Gasteiger partial charge in [0.2, 0.25) is 11.8 Å². The molecule has 1 unspecified atom stereocenters. The summed E-state index contributed by atoms with van der Waals surface area (Å²) in [5.74, 6) is -2.36. The maximum absolute atomic E-state index is 12.5. The zero-order valence-corrected chi connectivity index (χ0v) is 53.7. The van der Waals surface area contributed by atoms with Crippen LogP contribution in [-0.2, 0) is 25.7 Å². The molecule has 88 heavy (non-hydrogen) atoms. The zero-order chi connectivity index (χ0) is 63.8. The van der Waals surface area contributed by atoms with Crippen molar-refractivity contribution >= 4 is 140 Å². The quantitative estimate of drug-likeness (QED) is 0.0522. The van der Waals surface area contributed by atoms with Crippen molar-refractivity contribution in [3.63, 3.8) is 0 Å². The molecule has 0 bridgehead atoms. The van der Waals surface area contributed by atoms with Gasteiger partial charge in [0, 0.05) is 78.9 Å². The Bertz CT molecular complexity index is 3480. The van der Waals surface area contributed by atoms with Crippen LogP contribution in [0.15, 0.2) is 103 Å². The Hall–Kier alpha value is -7.89. The van der Waals surface area contributed by atoms with Crippen molar-refractivity contribution < 1.29 is 49.1 Å². The number of nitrogens with zero attached hydrogens (tertiary/aromatic N) is 4. The minimum atomic E-state index is -1.19. The number of halogens is 4. The number of ether oxygens (including phenoxy) is 1. The average Bonchev–Trinajstić information content (AvgIpc) is 3.77. The van der Waals surface area contributed by atoms with E-state index in [2.05, 4.69) is 140 Å². The number of anilines is 3. The number of amides is 3. The smallest absolute Gasteiger partial charge is 0.339 e. The molecular formula is C54H72Br4N16O13S. The molecule has 3 amide bonds. The predicted molar refractivity (Wildman–Crippen MR) is 355 cm³/mol. The largest absolute Gasteiger partial charge is 0.506 e. The third-order valence-corrected chi connectivity index (χ3v) is 14.6. The van der Waals surface area contributed by atoms with E-state index in [0.717, 1.165) is 29.2 Å². The number of rotatable bonds is 15. The summed E-state index contributed by atoms with van der Waals surface area (Å²) in [7, 11) is 5.29. The van der Waals surface area contributed by atoms with Gasteiger partial charge in [0.05, 0.1) is 84.2 Å². The Balaban J connectivity index is 0.000000410. The number of carbonyl (C=O) groups excluding carboxylic acids is 4. The number of guanidine groups is 2. The van der Waals surface area contributed by atoms with E-state index in [1.807, 2.05) is 21.0 Å². The van der Waals surface area contributed by atoms with Gasteiger partial charge in [-0.05, 0) is 98.5 Å². The Morgan fingerprint density at radius 1 is 0.727 bits per heavy atom. The summed E-state index contributed by atoms with van der Waals surface area (Å²) in [6, 6.07) is 9.47. The Morgan fingerprint density at radius 3 is 1.66 bits per heavy atom. The molecule has 0 aliphatic carbocycles. The van der Waals surface area contributed by atoms with Gasteiger partial charge in [-0.25, -0.2) is 4.79 Å². The number of methoxy groups -OCH3 is 1. The van der Waals surface area contributed by atoms with Crippen LogP contribution in [-0.4, -0.2) is 165 Å². The average molecular weight is 1500 g/mol. The lowest BCUT2D eigenvalue weighted by Gasteiger charge is -2.20. The fourth-order valence-electron chi connectivity index (χ4n) is 7.44. The molecule has 6 heterocycles. The van der Waals surface area contributed by atoms with Gasteiger partial charge in [0.15, 0.2) is 17.0 Å². The number of nitrogen functional groups attached to an aromatic ring is 1. The van der Waals surface area contributed by atoms with Gasteiger partial charge in [-0.3, -0.25) is 43.5 Å². The second kappa shape index (κ2) is 37.7. The van der Waals surface area contributed by atoms with Crippen LogP contribution in [0.25, 0.3) is 0 Å². The van der Waals surface area contributed by atoms with Crippen LogP contribution in [0.3, 0.4) is 0 Å². The molecule has 8 rings (SSSR count). The van der Waals surface area contributed by atoms with Crippen LogP contribution >= 0.6 is 75.9 Å². The minimum Gasteiger partial charge on any atom is -0.506 e. The van der Waals surface area contributed by atoms with Crippen LogP contribution in [0.4, 0.5) is 17.1 Å². The zero-order valence-electron chi connectivity index (χ0n) is 46.5. The maximum Gasteiger partial charge on any atom is 0.339 e. The summed E-state index contributed by atoms with van der Waals surface area (Å²) < 4.78 is 6.71. The number of carboxylic acid groups (broad SMARTS) is 1. The number of aromatic amines is 3. The van der Waals surface area contributed by atoms with Crippen LogP contribution in [0.2, 0.25) is 0 Å². The van der Waals surface area contributed by atoms with Crippen LogP contribution < -0.4 is 65.4 Å². The van der Waals surface area contributed by atoms with Crippen molar-refractivity contribution in [1.29, 1.82) is 0 Å². The first-order valence-electron chi connectivity index (χ1n) is 25.6. The molecule has 3 aliphatic heterocycles. The van der Waals surface area contributed by atoms with Crippen molar-refractivity contribution in [3.05, 3.63) is 138 Å². The number of thiocarbonyl (C=S) groups is 1. The number of carboxylic acids is 1. The highest BCUT2D eigenvalue weighted by atomic mass is 79.9. The van der Waals surface area contributed by atoms with Crippen molar-refractivity contribution in [2.24, 2.45) is 15.7 Å². The molecule has 0 spiro atoms. The third-order valence-electron chi connectivity index (χ3n) is 11.9. The lowest BCUT2D eigenvalue weighted by atomic mass is 10.0. The van der Waals surface area contributed by atoms with Gasteiger partial charge in [-0.15, -0.1) is 0 Å². The number of nitrogens with one attached hydrogen (secondary N) is 10. The van der Waals surface area contributed by atoms with Crippen molar-refractivity contribution in [1.82, 2.24) is 51.3 Å². The van der Waals surface area contributed by atoms with E-state index in [1.165, 1.54) is 43.9 Å². The number of aliphatic hydroxyl groups is 1. The molecule has 18 N–H and O–H groups in total. The first-order valence-corrected chi connectivity index (χ1v) is 29.2. The molecule has 2 aromatic carbocycles. The third kappa shape index (κ3) is 24.0. The first kappa shape index (κ1) is 76.2. The van der Waals surface area contributed by atoms with Gasteiger partial charge in [0.1, 0.15) is 22.9 Å². The molecule has 0 saturated carbocycles. The summed E-state index contributed by atoms with van der Waals surface area (Å²) in [5.41, 5.74) is 11.7. The van der Waals surface area contributed by atoms with E-state index in [4.69, 9.17) is 28.8 Å². The van der Waals surface area contributed by atoms with Crippen LogP contribution in [0, 0.1) is 0 Å². The summed E-state index contributed by atoms with van der Waals surface area (Å²) in [6.07, 6.45) is 4.11. The number of aromatic hydroxyl groups is 2. The Kier molecular flexibility index (Phi) is 32.7. The number of carbonyl (C=O) groups is 5. The standard InChI is InChI=1S/C20H20Br2N6O6.C11H14Br2N2O2.C9H12N4O2.C7H8N2O3.C5H10N2S.2CH4/c21-10-4-11(17(32)12(22)5-10)13(6-16(30)31)27-15(29)8-26-18(33)9-3-14(19(34)25-7-9)28-20-23-1-2-24-20;1-2-9(15-10(16)5-14)7-3-6(12)4-8(13)11(7)17;14-5-6-3-7(8(15)12-4-6)13-9-10-1-2-11-9;1-12-7(11)4-2-5(8)6(10)9-3-4;1-6-3-4-7(2)5(6)8;;/h3-5,7,13,32H,1-2,6,8H2,(H,25,34)(H,26,33)(H,27,29)(H,30,31)(H2,23,24,28);3-4,9,17H,2,5,14H2,1H3,(H,15,16);3-4,14H,1-2,5H2,(H,12,15)(H2,10,11,13);2-3H,8H2,1H3,(H,9,10);3-4H2,1-2H3;2*1H4/t;9-;;;;;/m.0...../s1. The van der Waals surface area contributed by atoms with E-state index in [9.17, 15) is 53.7 Å². The number of aliphatic imine (C=N–C) groups is 2. The number of hydrogen-bond acceptors (Lipinski definition) is 21. The van der Waals surface area contributed by atoms with Crippen LogP contribution in [0.5, 0.6) is 11.5 Å². The number of H-pyrrole nitrogens is 3.